The summed E-state index contributed by atoms with van der Waals surface area (Å²) in [5.41, 5.74) is 0.550. The maximum atomic E-state index is 11.5. The van der Waals surface area contributed by atoms with Crippen LogP contribution >= 0.6 is 0 Å². The van der Waals surface area contributed by atoms with Crippen LogP contribution in [-0.4, -0.2) is 47.1 Å². The Morgan fingerprint density at radius 2 is 2.00 bits per heavy atom. The number of carbonyl (C=O) groups is 1. The number of carbonyl (C=O) groups excluding carboxylic acids is 1. The second-order valence-electron chi connectivity index (χ2n) is 6.07. The number of ether oxygens (including phenoxy) is 1. The van der Waals surface area contributed by atoms with Gasteiger partial charge in [0.05, 0.1) is 12.7 Å². The van der Waals surface area contributed by atoms with E-state index in [2.05, 4.69) is 26.0 Å². The lowest BCUT2D eigenvalue weighted by Gasteiger charge is -2.19. The fourth-order valence-electron chi connectivity index (χ4n) is 1.73. The smallest absolute Gasteiger partial charge is 0.407 e. The van der Waals surface area contributed by atoms with Crippen molar-refractivity contribution in [2.75, 3.05) is 19.6 Å². The van der Waals surface area contributed by atoms with Crippen LogP contribution in [0.3, 0.4) is 0 Å². The molecule has 1 heterocycles. The first-order valence-corrected chi connectivity index (χ1v) is 7.76. The minimum absolute atomic E-state index is 0.420. The maximum absolute atomic E-state index is 11.5. The van der Waals surface area contributed by atoms with Crippen molar-refractivity contribution in [1.29, 1.82) is 0 Å². The van der Waals surface area contributed by atoms with Gasteiger partial charge in [0.25, 0.3) is 0 Å². The lowest BCUT2D eigenvalue weighted by atomic mass is 10.2. The molecule has 0 bridgehead atoms. The molecule has 1 rings (SSSR count). The average Bonchev–Trinajstić information content (AvgIpc) is 2.84. The van der Waals surface area contributed by atoms with Crippen LogP contribution in [0.2, 0.25) is 0 Å². The number of nitrogens with one attached hydrogen (secondary N) is 3. The van der Waals surface area contributed by atoms with Crippen LogP contribution in [0.1, 0.15) is 33.3 Å². The summed E-state index contributed by atoms with van der Waals surface area (Å²) in [6, 6.07) is 0. The predicted octanol–water partition coefficient (Wildman–Crippen LogP) is 1.000. The van der Waals surface area contributed by atoms with Gasteiger partial charge in [-0.1, -0.05) is 0 Å². The van der Waals surface area contributed by atoms with Gasteiger partial charge in [-0.25, -0.2) is 9.79 Å². The molecule has 0 fully saturated rings. The molecule has 0 aromatic carbocycles. The molecular formula is C15H28N6O2. The van der Waals surface area contributed by atoms with E-state index in [4.69, 9.17) is 4.74 Å². The highest BCUT2D eigenvalue weighted by atomic mass is 16.6. The second-order valence-corrected chi connectivity index (χ2v) is 6.07. The molecule has 0 saturated carbocycles. The monoisotopic (exact) mass is 324 g/mol. The number of hydrogen-bond donors (Lipinski definition) is 3. The molecule has 1 aromatic rings. The van der Waals surface area contributed by atoms with Crippen molar-refractivity contribution < 1.29 is 9.53 Å². The fraction of sp³-hybridized carbons (Fsp3) is 0.667. The van der Waals surface area contributed by atoms with Crippen molar-refractivity contribution in [2.45, 2.75) is 39.8 Å². The number of guanidine groups is 1. The van der Waals surface area contributed by atoms with Crippen LogP contribution in [0.15, 0.2) is 17.4 Å². The topological polar surface area (TPSA) is 92.6 Å². The molecule has 23 heavy (non-hydrogen) atoms. The molecule has 3 N–H and O–H groups in total. The summed E-state index contributed by atoms with van der Waals surface area (Å²) < 4.78 is 6.91. The molecule has 0 aliphatic carbocycles. The van der Waals surface area contributed by atoms with Crippen LogP contribution in [0.25, 0.3) is 0 Å². The molecule has 1 amide bonds. The molecule has 0 aliphatic heterocycles. The zero-order chi connectivity index (χ0) is 17.3. The number of nitrogens with zero attached hydrogens (tertiary/aromatic N) is 3. The van der Waals surface area contributed by atoms with Crippen molar-refractivity contribution in [3.05, 3.63) is 18.0 Å². The van der Waals surface area contributed by atoms with E-state index >= 15 is 0 Å². The van der Waals surface area contributed by atoms with Gasteiger partial charge >= 0.3 is 6.09 Å². The molecule has 0 radical (unpaired) electrons. The summed E-state index contributed by atoms with van der Waals surface area (Å²) >= 11 is 0. The standard InChI is InChI=1S/C15H28N6O2/c1-6-16-13(19-9-12-10-20-21(5)11-12)17-7-8-18-14(22)23-15(2,3)4/h10-11H,6-9H2,1-5H3,(H,18,22)(H2,16,17,19). The van der Waals surface area contributed by atoms with Crippen LogP contribution in [0.5, 0.6) is 0 Å². The van der Waals surface area contributed by atoms with Crippen molar-refractivity contribution in [3.63, 3.8) is 0 Å². The molecular weight excluding hydrogens is 296 g/mol. The highest BCUT2D eigenvalue weighted by Gasteiger charge is 2.15. The molecule has 0 aliphatic rings. The largest absolute Gasteiger partial charge is 0.444 e. The van der Waals surface area contributed by atoms with Crippen LogP contribution in [-0.2, 0) is 18.3 Å². The Hall–Kier alpha value is -2.25. The normalized spacial score (nSPS) is 12.0. The van der Waals surface area contributed by atoms with E-state index in [-0.39, 0.29) is 0 Å². The number of aromatic nitrogens is 2. The Morgan fingerprint density at radius 3 is 2.57 bits per heavy atom. The van der Waals surface area contributed by atoms with E-state index in [1.54, 1.807) is 10.9 Å². The number of rotatable bonds is 6. The van der Waals surface area contributed by atoms with Crippen LogP contribution in [0, 0.1) is 0 Å². The van der Waals surface area contributed by atoms with Gasteiger partial charge in [0.2, 0.25) is 0 Å². The molecule has 0 unspecified atom stereocenters. The van der Waals surface area contributed by atoms with Gasteiger partial charge in [-0.3, -0.25) is 4.68 Å². The Balaban J connectivity index is 2.34. The summed E-state index contributed by atoms with van der Waals surface area (Å²) in [5, 5.41) is 13.1. The number of aliphatic imine (C=N–C) groups is 1. The predicted molar refractivity (Wildman–Crippen MR) is 90.3 cm³/mol. The van der Waals surface area contributed by atoms with Crippen molar-refractivity contribution in [3.8, 4) is 0 Å². The van der Waals surface area contributed by atoms with Gasteiger partial charge < -0.3 is 20.7 Å². The lowest BCUT2D eigenvalue weighted by molar-refractivity contribution is 0.0529. The fourth-order valence-corrected chi connectivity index (χ4v) is 1.73. The number of hydrogen-bond acceptors (Lipinski definition) is 4. The summed E-state index contributed by atoms with van der Waals surface area (Å²) in [5.74, 6) is 0.697. The van der Waals surface area contributed by atoms with Gasteiger partial charge in [0.1, 0.15) is 5.60 Å². The summed E-state index contributed by atoms with van der Waals surface area (Å²) in [4.78, 5) is 16.0. The van der Waals surface area contributed by atoms with Crippen LogP contribution in [0.4, 0.5) is 4.79 Å². The first-order chi connectivity index (χ1) is 10.8. The Morgan fingerprint density at radius 1 is 1.30 bits per heavy atom. The third-order valence-electron chi connectivity index (χ3n) is 2.61. The van der Waals surface area contributed by atoms with Gasteiger partial charge in [-0.2, -0.15) is 5.10 Å². The molecule has 130 valence electrons. The molecule has 0 atom stereocenters. The molecule has 8 nitrogen and oxygen atoms in total. The van der Waals surface area contributed by atoms with Crippen molar-refractivity contribution >= 4 is 12.1 Å². The van der Waals surface area contributed by atoms with Crippen molar-refractivity contribution in [2.24, 2.45) is 12.0 Å². The maximum Gasteiger partial charge on any atom is 0.407 e. The second kappa shape index (κ2) is 9.02. The summed E-state index contributed by atoms with van der Waals surface area (Å²) in [6.45, 7) is 9.81. The summed E-state index contributed by atoms with van der Waals surface area (Å²) in [6.07, 6.45) is 3.30. The minimum Gasteiger partial charge on any atom is -0.444 e. The van der Waals surface area contributed by atoms with E-state index in [0.29, 0.717) is 25.6 Å². The number of amides is 1. The van der Waals surface area contributed by atoms with E-state index in [1.807, 2.05) is 40.9 Å². The third-order valence-corrected chi connectivity index (χ3v) is 2.61. The zero-order valence-corrected chi connectivity index (χ0v) is 14.6. The van der Waals surface area contributed by atoms with E-state index in [0.717, 1.165) is 12.1 Å². The first-order valence-electron chi connectivity index (χ1n) is 7.76. The Kier molecular flexibility index (Phi) is 7.37. The Labute approximate surface area is 137 Å². The van der Waals surface area contributed by atoms with E-state index in [9.17, 15) is 4.79 Å². The molecule has 8 heteroatoms. The summed E-state index contributed by atoms with van der Waals surface area (Å²) in [7, 11) is 1.87. The quantitative estimate of drug-likeness (QED) is 0.412. The highest BCUT2D eigenvalue weighted by molar-refractivity contribution is 5.79. The number of aryl methyl sites for hydroxylation is 1. The van der Waals surface area contributed by atoms with E-state index < -0.39 is 11.7 Å². The van der Waals surface area contributed by atoms with Gasteiger partial charge in [-0.05, 0) is 27.7 Å². The SMILES string of the molecule is CCNC(=NCc1cnn(C)c1)NCCNC(=O)OC(C)(C)C. The number of alkyl carbamates (subject to hydrolysis) is 1. The zero-order valence-electron chi connectivity index (χ0n) is 14.6. The van der Waals surface area contributed by atoms with Gasteiger partial charge in [0.15, 0.2) is 5.96 Å². The molecule has 0 spiro atoms. The van der Waals surface area contributed by atoms with E-state index in [1.165, 1.54) is 0 Å². The van der Waals surface area contributed by atoms with Crippen molar-refractivity contribution in [1.82, 2.24) is 25.7 Å². The van der Waals surface area contributed by atoms with Crippen LogP contribution < -0.4 is 16.0 Å². The first kappa shape index (κ1) is 18.8. The van der Waals surface area contributed by atoms with Gasteiger partial charge in [-0.15, -0.1) is 0 Å². The Bertz CT molecular complexity index is 518. The highest BCUT2D eigenvalue weighted by Crippen LogP contribution is 2.05. The molecule has 1 aromatic heterocycles. The van der Waals surface area contributed by atoms with Gasteiger partial charge in [0, 0.05) is 38.4 Å². The minimum atomic E-state index is -0.488. The average molecular weight is 324 g/mol. The third kappa shape index (κ3) is 8.70. The lowest BCUT2D eigenvalue weighted by Crippen LogP contribution is -2.42. The molecule has 0 saturated heterocycles.